The quantitative estimate of drug-likeness (QED) is 0.900. The van der Waals surface area contributed by atoms with Crippen molar-refractivity contribution < 1.29 is 0 Å². The van der Waals surface area contributed by atoms with Crippen LogP contribution in [0.3, 0.4) is 0 Å². The number of likely N-dealkylation sites (N-methyl/N-ethyl adjacent to an activating group) is 1. The van der Waals surface area contributed by atoms with Gasteiger partial charge in [-0.2, -0.15) is 0 Å². The zero-order valence-corrected chi connectivity index (χ0v) is 10.7. The molecule has 1 saturated heterocycles. The maximum atomic E-state index is 4.41. The summed E-state index contributed by atoms with van der Waals surface area (Å²) in [6.45, 7) is 2.16. The lowest BCUT2D eigenvalue weighted by atomic mass is 10.2. The molecule has 17 heavy (non-hydrogen) atoms. The van der Waals surface area contributed by atoms with Gasteiger partial charge in [-0.1, -0.05) is 0 Å². The fourth-order valence-electron chi connectivity index (χ4n) is 2.41. The highest BCUT2D eigenvalue weighted by Gasteiger charge is 2.18. The Morgan fingerprint density at radius 3 is 3.29 bits per heavy atom. The lowest BCUT2D eigenvalue weighted by Gasteiger charge is -2.22. The van der Waals surface area contributed by atoms with Crippen LogP contribution >= 0.6 is 11.3 Å². The molecule has 1 fully saturated rings. The molecule has 0 radical (unpaired) electrons. The molecular formula is C12H16N4S. The van der Waals surface area contributed by atoms with Gasteiger partial charge in [0.05, 0.1) is 5.39 Å². The fraction of sp³-hybridized carbons (Fsp3) is 0.500. The summed E-state index contributed by atoms with van der Waals surface area (Å²) in [4.78, 5) is 12.0. The van der Waals surface area contributed by atoms with Gasteiger partial charge < -0.3 is 10.2 Å². The maximum absolute atomic E-state index is 4.41. The van der Waals surface area contributed by atoms with Crippen molar-refractivity contribution in [2.24, 2.45) is 0 Å². The first kappa shape index (κ1) is 10.9. The summed E-state index contributed by atoms with van der Waals surface area (Å²) in [5, 5.41) is 6.76. The summed E-state index contributed by atoms with van der Waals surface area (Å²) < 4.78 is 0. The number of rotatable bonds is 3. The molecule has 0 spiro atoms. The van der Waals surface area contributed by atoms with E-state index in [1.54, 1.807) is 17.7 Å². The molecule has 0 amide bonds. The average Bonchev–Trinajstić information content (AvgIpc) is 2.97. The average molecular weight is 248 g/mol. The van der Waals surface area contributed by atoms with Gasteiger partial charge in [0, 0.05) is 19.6 Å². The highest BCUT2D eigenvalue weighted by molar-refractivity contribution is 7.16. The minimum Gasteiger partial charge on any atom is -0.357 e. The van der Waals surface area contributed by atoms with Crippen LogP contribution in [0.15, 0.2) is 17.8 Å². The Morgan fingerprint density at radius 2 is 2.47 bits per heavy atom. The highest BCUT2D eigenvalue weighted by Crippen LogP contribution is 2.26. The largest absolute Gasteiger partial charge is 0.357 e. The smallest absolute Gasteiger partial charge is 0.140 e. The number of hydrogen-bond acceptors (Lipinski definition) is 5. The number of anilines is 1. The van der Waals surface area contributed by atoms with E-state index in [1.165, 1.54) is 12.8 Å². The number of nitrogens with zero attached hydrogens (tertiary/aromatic N) is 3. The lowest BCUT2D eigenvalue weighted by molar-refractivity contribution is 0.598. The van der Waals surface area contributed by atoms with E-state index in [2.05, 4.69) is 38.7 Å². The van der Waals surface area contributed by atoms with Gasteiger partial charge in [0.2, 0.25) is 0 Å². The summed E-state index contributed by atoms with van der Waals surface area (Å²) in [6, 6.07) is 2.71. The molecule has 4 nitrogen and oxygen atoms in total. The van der Waals surface area contributed by atoms with Gasteiger partial charge in [0.25, 0.3) is 0 Å². The molecule has 0 aliphatic carbocycles. The zero-order valence-electron chi connectivity index (χ0n) is 9.89. The van der Waals surface area contributed by atoms with Crippen LogP contribution in [0.5, 0.6) is 0 Å². The van der Waals surface area contributed by atoms with Crippen molar-refractivity contribution in [1.29, 1.82) is 0 Å². The molecule has 3 rings (SSSR count). The van der Waals surface area contributed by atoms with Crippen molar-refractivity contribution in [1.82, 2.24) is 15.3 Å². The Labute approximate surface area is 105 Å². The summed E-state index contributed by atoms with van der Waals surface area (Å²) in [5.74, 6) is 1.05. The second-order valence-electron chi connectivity index (χ2n) is 4.51. The van der Waals surface area contributed by atoms with E-state index >= 15 is 0 Å². The van der Waals surface area contributed by atoms with Crippen LogP contribution < -0.4 is 10.2 Å². The third kappa shape index (κ3) is 2.12. The van der Waals surface area contributed by atoms with Gasteiger partial charge in [-0.25, -0.2) is 9.97 Å². The van der Waals surface area contributed by atoms with Crippen LogP contribution in [0.4, 0.5) is 5.82 Å². The second kappa shape index (κ2) is 4.58. The lowest BCUT2D eigenvalue weighted by Crippen LogP contribution is -2.35. The monoisotopic (exact) mass is 248 g/mol. The number of aromatic nitrogens is 2. The fourth-order valence-corrected chi connectivity index (χ4v) is 3.14. The summed E-state index contributed by atoms with van der Waals surface area (Å²) in [5.41, 5.74) is 0. The van der Waals surface area contributed by atoms with Crippen LogP contribution in [0.25, 0.3) is 10.2 Å². The Bertz CT molecular complexity index is 504. The Hall–Kier alpha value is -1.20. The molecule has 1 N–H and O–H groups in total. The van der Waals surface area contributed by atoms with Crippen LogP contribution in [0, 0.1) is 0 Å². The molecule has 1 unspecified atom stereocenters. The molecule has 0 saturated carbocycles. The molecule has 0 aromatic carbocycles. The highest BCUT2D eigenvalue weighted by atomic mass is 32.1. The Morgan fingerprint density at radius 1 is 1.53 bits per heavy atom. The molecule has 90 valence electrons. The predicted molar refractivity (Wildman–Crippen MR) is 71.7 cm³/mol. The third-order valence-electron chi connectivity index (χ3n) is 3.26. The van der Waals surface area contributed by atoms with E-state index < -0.39 is 0 Å². The Kier molecular flexibility index (Phi) is 2.94. The van der Waals surface area contributed by atoms with Crippen molar-refractivity contribution in [3.63, 3.8) is 0 Å². The van der Waals surface area contributed by atoms with Crippen molar-refractivity contribution in [3.05, 3.63) is 17.8 Å². The summed E-state index contributed by atoms with van der Waals surface area (Å²) in [6.07, 6.45) is 4.21. The molecule has 1 aliphatic rings. The molecule has 0 bridgehead atoms. The molecule has 1 aliphatic heterocycles. The molecule has 5 heteroatoms. The molecule has 3 heterocycles. The standard InChI is InChI=1S/C12H16N4S/c1-16(7-9-3-2-5-13-9)11-10-4-6-17-12(10)15-8-14-11/h4,6,8-9,13H,2-3,5,7H2,1H3. The van der Waals surface area contributed by atoms with E-state index in [0.29, 0.717) is 6.04 Å². The maximum Gasteiger partial charge on any atom is 0.140 e. The van der Waals surface area contributed by atoms with Crippen LogP contribution in [-0.2, 0) is 0 Å². The number of nitrogens with one attached hydrogen (secondary N) is 1. The van der Waals surface area contributed by atoms with E-state index in [1.807, 2.05) is 0 Å². The van der Waals surface area contributed by atoms with Crippen LogP contribution in [-0.4, -0.2) is 36.1 Å². The van der Waals surface area contributed by atoms with Gasteiger partial charge in [0.1, 0.15) is 17.0 Å². The van der Waals surface area contributed by atoms with E-state index in [4.69, 9.17) is 0 Å². The minimum atomic E-state index is 0.601. The number of fused-ring (bicyclic) bond motifs is 1. The topological polar surface area (TPSA) is 41.0 Å². The number of hydrogen-bond donors (Lipinski definition) is 1. The summed E-state index contributed by atoms with van der Waals surface area (Å²) in [7, 11) is 2.11. The second-order valence-corrected chi connectivity index (χ2v) is 5.41. The summed E-state index contributed by atoms with van der Waals surface area (Å²) >= 11 is 1.67. The predicted octanol–water partition coefficient (Wildman–Crippen LogP) is 1.88. The zero-order chi connectivity index (χ0) is 11.7. The van der Waals surface area contributed by atoms with Gasteiger partial charge in [-0.3, -0.25) is 0 Å². The van der Waals surface area contributed by atoms with Crippen molar-refractivity contribution in [2.75, 3.05) is 25.0 Å². The molecule has 2 aromatic rings. The van der Waals surface area contributed by atoms with Gasteiger partial charge in [-0.05, 0) is 30.8 Å². The van der Waals surface area contributed by atoms with E-state index in [9.17, 15) is 0 Å². The van der Waals surface area contributed by atoms with Crippen LogP contribution in [0.1, 0.15) is 12.8 Å². The molecule has 1 atom stereocenters. The van der Waals surface area contributed by atoms with Crippen molar-refractivity contribution >= 4 is 27.4 Å². The third-order valence-corrected chi connectivity index (χ3v) is 4.08. The first-order chi connectivity index (χ1) is 8.34. The minimum absolute atomic E-state index is 0.601. The first-order valence-electron chi connectivity index (χ1n) is 5.97. The Balaban J connectivity index is 1.84. The van der Waals surface area contributed by atoms with Crippen molar-refractivity contribution in [3.8, 4) is 0 Å². The van der Waals surface area contributed by atoms with Gasteiger partial charge in [-0.15, -0.1) is 11.3 Å². The van der Waals surface area contributed by atoms with Gasteiger partial charge in [0.15, 0.2) is 0 Å². The van der Waals surface area contributed by atoms with Gasteiger partial charge >= 0.3 is 0 Å². The van der Waals surface area contributed by atoms with Crippen molar-refractivity contribution in [2.45, 2.75) is 18.9 Å². The number of thiophene rings is 1. The van der Waals surface area contributed by atoms with Crippen LogP contribution in [0.2, 0.25) is 0 Å². The molecular weight excluding hydrogens is 232 g/mol. The molecule has 2 aromatic heterocycles. The first-order valence-corrected chi connectivity index (χ1v) is 6.85. The SMILES string of the molecule is CN(CC1CCCN1)c1ncnc2sccc12. The van der Waals surface area contributed by atoms with E-state index in [-0.39, 0.29) is 0 Å². The normalized spacial score (nSPS) is 19.9. The van der Waals surface area contributed by atoms with E-state index in [0.717, 1.165) is 29.1 Å².